The molecule has 0 aliphatic heterocycles. The summed E-state index contributed by atoms with van der Waals surface area (Å²) in [6.45, 7) is 1.44. The van der Waals surface area contributed by atoms with Crippen LogP contribution in [0.3, 0.4) is 0 Å². The first-order valence-electron chi connectivity index (χ1n) is 5.74. The zero-order valence-corrected chi connectivity index (χ0v) is 10.6. The van der Waals surface area contributed by atoms with Gasteiger partial charge in [0.05, 0.1) is 6.61 Å². The summed E-state index contributed by atoms with van der Waals surface area (Å²) in [6.07, 6.45) is 2.32. The van der Waals surface area contributed by atoms with E-state index >= 15 is 0 Å². The lowest BCUT2D eigenvalue weighted by Gasteiger charge is -2.07. The summed E-state index contributed by atoms with van der Waals surface area (Å²) in [5, 5.41) is 3.59. The second-order valence-corrected chi connectivity index (χ2v) is 4.06. The third-order valence-electron chi connectivity index (χ3n) is 2.27. The van der Waals surface area contributed by atoms with Gasteiger partial charge in [-0.2, -0.15) is 0 Å². The Morgan fingerprint density at radius 2 is 2.00 bits per heavy atom. The molecule has 1 N–H and O–H groups in total. The van der Waals surface area contributed by atoms with Crippen molar-refractivity contribution < 1.29 is 4.74 Å². The van der Waals surface area contributed by atoms with E-state index in [-0.39, 0.29) is 0 Å². The quantitative estimate of drug-likeness (QED) is 0.643. The van der Waals surface area contributed by atoms with Crippen molar-refractivity contribution in [2.24, 2.45) is 0 Å². The third-order valence-corrected chi connectivity index (χ3v) is 2.48. The van der Waals surface area contributed by atoms with E-state index in [2.05, 4.69) is 15.3 Å². The molecule has 1 aromatic carbocycles. The third kappa shape index (κ3) is 4.22. The van der Waals surface area contributed by atoms with Gasteiger partial charge < -0.3 is 10.1 Å². The van der Waals surface area contributed by atoms with Crippen LogP contribution in [0.15, 0.2) is 42.7 Å². The first kappa shape index (κ1) is 12.6. The van der Waals surface area contributed by atoms with E-state index < -0.39 is 0 Å². The van der Waals surface area contributed by atoms with E-state index in [4.69, 9.17) is 16.3 Å². The molecule has 0 aliphatic carbocycles. The van der Waals surface area contributed by atoms with Gasteiger partial charge in [0, 0.05) is 12.6 Å². The highest BCUT2D eigenvalue weighted by atomic mass is 35.5. The van der Waals surface area contributed by atoms with Crippen molar-refractivity contribution in [1.82, 2.24) is 9.97 Å². The zero-order valence-electron chi connectivity index (χ0n) is 9.84. The average Bonchev–Trinajstić information content (AvgIpc) is 2.40. The van der Waals surface area contributed by atoms with E-state index in [0.717, 1.165) is 24.5 Å². The predicted molar refractivity (Wildman–Crippen MR) is 72.1 cm³/mol. The van der Waals surface area contributed by atoms with E-state index in [9.17, 15) is 0 Å². The highest BCUT2D eigenvalue weighted by Crippen LogP contribution is 2.09. The number of halogens is 1. The normalized spacial score (nSPS) is 10.1. The van der Waals surface area contributed by atoms with Crippen LogP contribution >= 0.6 is 11.6 Å². The Kier molecular flexibility index (Phi) is 4.78. The summed E-state index contributed by atoms with van der Waals surface area (Å²) in [4.78, 5) is 7.86. The van der Waals surface area contributed by atoms with Gasteiger partial charge in [-0.1, -0.05) is 29.8 Å². The van der Waals surface area contributed by atoms with Gasteiger partial charge in [-0.25, -0.2) is 9.97 Å². The maximum atomic E-state index is 5.75. The highest BCUT2D eigenvalue weighted by Gasteiger charge is 1.96. The molecule has 0 bridgehead atoms. The molecule has 4 nitrogen and oxygen atoms in total. The number of aromatic nitrogens is 2. The Hall–Kier alpha value is -1.81. The molecule has 0 unspecified atom stereocenters. The van der Waals surface area contributed by atoms with Gasteiger partial charge in [-0.3, -0.25) is 0 Å². The van der Waals surface area contributed by atoms with E-state index in [0.29, 0.717) is 11.8 Å². The van der Waals surface area contributed by atoms with Gasteiger partial charge >= 0.3 is 0 Å². The lowest BCUT2D eigenvalue weighted by Crippen LogP contribution is -2.08. The van der Waals surface area contributed by atoms with Crippen LogP contribution in [-0.2, 0) is 0 Å². The summed E-state index contributed by atoms with van der Waals surface area (Å²) >= 11 is 5.75. The number of rotatable bonds is 6. The van der Waals surface area contributed by atoms with Crippen molar-refractivity contribution >= 4 is 17.4 Å². The van der Waals surface area contributed by atoms with Gasteiger partial charge in [0.1, 0.15) is 23.0 Å². The van der Waals surface area contributed by atoms with Gasteiger partial charge in [-0.05, 0) is 18.6 Å². The van der Waals surface area contributed by atoms with Crippen LogP contribution in [0, 0.1) is 0 Å². The van der Waals surface area contributed by atoms with Gasteiger partial charge in [0.15, 0.2) is 0 Å². The molecule has 0 radical (unpaired) electrons. The largest absolute Gasteiger partial charge is 0.494 e. The Morgan fingerprint density at radius 1 is 1.17 bits per heavy atom. The lowest BCUT2D eigenvalue weighted by molar-refractivity contribution is 0.315. The van der Waals surface area contributed by atoms with Gasteiger partial charge in [-0.15, -0.1) is 0 Å². The lowest BCUT2D eigenvalue weighted by atomic mass is 10.3. The summed E-state index contributed by atoms with van der Waals surface area (Å²) in [5.74, 6) is 1.62. The monoisotopic (exact) mass is 263 g/mol. The molecule has 0 saturated carbocycles. The first-order chi connectivity index (χ1) is 8.84. The van der Waals surface area contributed by atoms with E-state index in [1.807, 2.05) is 30.3 Å². The number of hydrogen-bond acceptors (Lipinski definition) is 4. The fourth-order valence-electron chi connectivity index (χ4n) is 1.43. The maximum absolute atomic E-state index is 5.75. The molecule has 94 valence electrons. The molecule has 2 rings (SSSR count). The average molecular weight is 264 g/mol. The van der Waals surface area contributed by atoms with Crippen molar-refractivity contribution in [2.45, 2.75) is 6.42 Å². The molecular formula is C13H14ClN3O. The van der Waals surface area contributed by atoms with Crippen LogP contribution < -0.4 is 10.1 Å². The standard InChI is InChI=1S/C13H14ClN3O/c14-12-9-13(17-10-16-12)15-7-4-8-18-11-5-2-1-3-6-11/h1-3,5-6,9-10H,4,7-8H2,(H,15,16,17). The van der Waals surface area contributed by atoms with Crippen LogP contribution in [-0.4, -0.2) is 23.1 Å². The van der Waals surface area contributed by atoms with E-state index in [1.165, 1.54) is 6.33 Å². The molecule has 0 atom stereocenters. The molecule has 5 heteroatoms. The minimum absolute atomic E-state index is 0.438. The van der Waals surface area contributed by atoms with Crippen LogP contribution in [0.25, 0.3) is 0 Å². The van der Waals surface area contributed by atoms with Crippen LogP contribution in [0.4, 0.5) is 5.82 Å². The van der Waals surface area contributed by atoms with Gasteiger partial charge in [0.2, 0.25) is 0 Å². The Labute approximate surface area is 111 Å². The fourth-order valence-corrected chi connectivity index (χ4v) is 1.57. The van der Waals surface area contributed by atoms with Crippen molar-refractivity contribution in [3.05, 3.63) is 47.9 Å². The smallest absolute Gasteiger partial charge is 0.134 e. The first-order valence-corrected chi connectivity index (χ1v) is 6.11. The predicted octanol–water partition coefficient (Wildman–Crippen LogP) is 3.01. The Bertz CT molecular complexity index is 479. The number of nitrogens with zero attached hydrogens (tertiary/aromatic N) is 2. The summed E-state index contributed by atoms with van der Waals surface area (Å²) < 4.78 is 5.57. The molecule has 0 amide bonds. The molecule has 0 aliphatic rings. The van der Waals surface area contributed by atoms with Crippen LogP contribution in [0.2, 0.25) is 5.15 Å². The second-order valence-electron chi connectivity index (χ2n) is 3.67. The molecule has 1 aromatic heterocycles. The molecule has 0 fully saturated rings. The Balaban J connectivity index is 1.65. The second kappa shape index (κ2) is 6.81. The number of hydrogen-bond donors (Lipinski definition) is 1. The summed E-state index contributed by atoms with van der Waals surface area (Å²) in [6, 6.07) is 11.5. The molecule has 1 heterocycles. The number of para-hydroxylation sites is 1. The number of nitrogens with one attached hydrogen (secondary N) is 1. The molecule has 18 heavy (non-hydrogen) atoms. The maximum Gasteiger partial charge on any atom is 0.134 e. The van der Waals surface area contributed by atoms with Crippen molar-refractivity contribution in [3.8, 4) is 5.75 Å². The van der Waals surface area contributed by atoms with Crippen molar-refractivity contribution in [3.63, 3.8) is 0 Å². The number of anilines is 1. The van der Waals surface area contributed by atoms with Crippen LogP contribution in [0.5, 0.6) is 5.75 Å². The number of ether oxygens (including phenoxy) is 1. The Morgan fingerprint density at radius 3 is 2.78 bits per heavy atom. The fraction of sp³-hybridized carbons (Fsp3) is 0.231. The summed E-state index contributed by atoms with van der Waals surface area (Å²) in [5.41, 5.74) is 0. The molecular weight excluding hydrogens is 250 g/mol. The molecule has 0 saturated heterocycles. The molecule has 2 aromatic rings. The number of benzene rings is 1. The zero-order chi connectivity index (χ0) is 12.6. The van der Waals surface area contributed by atoms with Crippen LogP contribution in [0.1, 0.15) is 6.42 Å². The van der Waals surface area contributed by atoms with Gasteiger partial charge in [0.25, 0.3) is 0 Å². The topological polar surface area (TPSA) is 47.0 Å². The summed E-state index contributed by atoms with van der Waals surface area (Å²) in [7, 11) is 0. The molecule has 0 spiro atoms. The van der Waals surface area contributed by atoms with E-state index in [1.54, 1.807) is 6.07 Å². The SMILES string of the molecule is Clc1cc(NCCCOc2ccccc2)ncn1. The van der Waals surface area contributed by atoms with Crippen molar-refractivity contribution in [1.29, 1.82) is 0 Å². The van der Waals surface area contributed by atoms with Crippen molar-refractivity contribution in [2.75, 3.05) is 18.5 Å². The minimum atomic E-state index is 0.438. The highest BCUT2D eigenvalue weighted by molar-refractivity contribution is 6.29. The minimum Gasteiger partial charge on any atom is -0.494 e.